The molecular weight excluding hydrogens is 156 g/mol. The summed E-state index contributed by atoms with van der Waals surface area (Å²) >= 11 is 0. The van der Waals surface area contributed by atoms with Gasteiger partial charge >= 0.3 is 0 Å². The molecule has 0 nitrogen and oxygen atoms in total. The van der Waals surface area contributed by atoms with Crippen molar-refractivity contribution < 1.29 is 0 Å². The van der Waals surface area contributed by atoms with E-state index in [1.54, 1.807) is 0 Å². The fourth-order valence-corrected chi connectivity index (χ4v) is 1.21. The maximum absolute atomic E-state index is 2.20. The second kappa shape index (κ2) is 5.36. The van der Waals surface area contributed by atoms with Crippen LogP contribution in [-0.4, -0.2) is 0 Å². The van der Waals surface area contributed by atoms with Crippen molar-refractivity contribution in [2.45, 2.75) is 19.8 Å². The highest BCUT2D eigenvalue weighted by molar-refractivity contribution is 5.23. The van der Waals surface area contributed by atoms with Crippen LogP contribution in [0.1, 0.15) is 25.3 Å². The largest absolute Gasteiger partial charge is 0.0877 e. The minimum Gasteiger partial charge on any atom is -0.0877 e. The van der Waals surface area contributed by atoms with Gasteiger partial charge in [-0.2, -0.15) is 0 Å². The summed E-state index contributed by atoms with van der Waals surface area (Å²) < 4.78 is 0. The third-order valence-electron chi connectivity index (χ3n) is 2.03. The van der Waals surface area contributed by atoms with Gasteiger partial charge in [0.25, 0.3) is 0 Å². The molecule has 0 aliphatic carbocycles. The minimum absolute atomic E-state index is 0.498. The third-order valence-corrected chi connectivity index (χ3v) is 2.03. The summed E-state index contributed by atoms with van der Waals surface area (Å²) in [4.78, 5) is 0. The molecule has 0 aliphatic rings. The Balaban J connectivity index is 2.63. The number of benzene rings is 1. The Morgan fingerprint density at radius 2 is 1.77 bits per heavy atom. The summed E-state index contributed by atoms with van der Waals surface area (Å²) in [6.45, 7) is 4.23. The SMILES string of the molecule is C/C=C/C=C/C(C)c1ccccc1. The van der Waals surface area contributed by atoms with Gasteiger partial charge in [0, 0.05) is 0 Å². The van der Waals surface area contributed by atoms with Gasteiger partial charge in [-0.05, 0) is 18.4 Å². The van der Waals surface area contributed by atoms with E-state index < -0.39 is 0 Å². The molecule has 0 heterocycles. The highest BCUT2D eigenvalue weighted by Gasteiger charge is 1.97. The van der Waals surface area contributed by atoms with Crippen molar-refractivity contribution >= 4 is 0 Å². The normalized spacial score (nSPS) is 14.0. The lowest BCUT2D eigenvalue weighted by Crippen LogP contribution is -1.86. The average Bonchev–Trinajstić information content (AvgIpc) is 2.19. The van der Waals surface area contributed by atoms with Crippen molar-refractivity contribution in [3.8, 4) is 0 Å². The summed E-state index contributed by atoms with van der Waals surface area (Å²) in [6.07, 6.45) is 8.39. The molecular formula is C13H16. The predicted octanol–water partition coefficient (Wildman–Crippen LogP) is 3.92. The summed E-state index contributed by atoms with van der Waals surface area (Å²) in [7, 11) is 0. The maximum Gasteiger partial charge on any atom is -0.000732 e. The van der Waals surface area contributed by atoms with Gasteiger partial charge in [0.15, 0.2) is 0 Å². The van der Waals surface area contributed by atoms with E-state index in [1.807, 2.05) is 19.1 Å². The van der Waals surface area contributed by atoms with E-state index in [2.05, 4.69) is 49.4 Å². The van der Waals surface area contributed by atoms with E-state index in [1.165, 1.54) is 5.56 Å². The van der Waals surface area contributed by atoms with Crippen LogP contribution in [0.3, 0.4) is 0 Å². The molecule has 1 rings (SSSR count). The molecule has 0 spiro atoms. The maximum atomic E-state index is 2.20. The molecule has 0 heteroatoms. The Kier molecular flexibility index (Phi) is 4.04. The van der Waals surface area contributed by atoms with E-state index >= 15 is 0 Å². The van der Waals surface area contributed by atoms with Gasteiger partial charge in [-0.25, -0.2) is 0 Å². The molecule has 1 unspecified atom stereocenters. The van der Waals surface area contributed by atoms with Crippen molar-refractivity contribution in [2.75, 3.05) is 0 Å². The highest BCUT2D eigenvalue weighted by Crippen LogP contribution is 2.15. The Bertz CT molecular complexity index is 280. The monoisotopic (exact) mass is 172 g/mol. The highest BCUT2D eigenvalue weighted by atomic mass is 14.0. The molecule has 1 aromatic rings. The van der Waals surface area contributed by atoms with Crippen LogP contribution in [0.15, 0.2) is 54.6 Å². The van der Waals surface area contributed by atoms with Crippen LogP contribution in [0, 0.1) is 0 Å². The summed E-state index contributed by atoms with van der Waals surface area (Å²) in [6, 6.07) is 10.5. The topological polar surface area (TPSA) is 0 Å². The Morgan fingerprint density at radius 3 is 2.38 bits per heavy atom. The first kappa shape index (κ1) is 9.79. The number of hydrogen-bond acceptors (Lipinski definition) is 0. The van der Waals surface area contributed by atoms with E-state index in [4.69, 9.17) is 0 Å². The molecule has 13 heavy (non-hydrogen) atoms. The van der Waals surface area contributed by atoms with Gasteiger partial charge in [-0.1, -0.05) is 61.6 Å². The zero-order valence-electron chi connectivity index (χ0n) is 8.27. The van der Waals surface area contributed by atoms with E-state index in [0.29, 0.717) is 5.92 Å². The first-order valence-electron chi connectivity index (χ1n) is 4.69. The van der Waals surface area contributed by atoms with Crippen molar-refractivity contribution in [1.29, 1.82) is 0 Å². The molecule has 0 aromatic heterocycles. The first-order chi connectivity index (χ1) is 6.34. The van der Waals surface area contributed by atoms with Gasteiger partial charge in [0.2, 0.25) is 0 Å². The lowest BCUT2D eigenvalue weighted by atomic mass is 10.0. The van der Waals surface area contributed by atoms with Gasteiger partial charge < -0.3 is 0 Å². The fourth-order valence-electron chi connectivity index (χ4n) is 1.21. The quantitative estimate of drug-likeness (QED) is 0.606. The Labute approximate surface area is 80.6 Å². The summed E-state index contributed by atoms with van der Waals surface area (Å²) in [5.74, 6) is 0.498. The molecule has 0 fully saturated rings. The first-order valence-corrected chi connectivity index (χ1v) is 4.69. The third kappa shape index (κ3) is 3.29. The number of hydrogen-bond donors (Lipinski definition) is 0. The second-order valence-electron chi connectivity index (χ2n) is 3.11. The molecule has 0 bridgehead atoms. The molecule has 0 aliphatic heterocycles. The Hall–Kier alpha value is -1.30. The molecule has 0 radical (unpaired) electrons. The van der Waals surface area contributed by atoms with E-state index in [0.717, 1.165) is 0 Å². The average molecular weight is 172 g/mol. The zero-order chi connectivity index (χ0) is 9.52. The zero-order valence-corrected chi connectivity index (χ0v) is 8.27. The number of rotatable bonds is 3. The molecule has 0 saturated carbocycles. The van der Waals surface area contributed by atoms with E-state index in [-0.39, 0.29) is 0 Å². The molecule has 68 valence electrons. The lowest BCUT2D eigenvalue weighted by molar-refractivity contribution is 0.968. The lowest BCUT2D eigenvalue weighted by Gasteiger charge is -2.04. The van der Waals surface area contributed by atoms with Crippen LogP contribution in [0.25, 0.3) is 0 Å². The molecule has 0 amide bonds. The van der Waals surface area contributed by atoms with Crippen LogP contribution in [0.4, 0.5) is 0 Å². The summed E-state index contributed by atoms with van der Waals surface area (Å²) in [5, 5.41) is 0. The van der Waals surface area contributed by atoms with Crippen LogP contribution in [-0.2, 0) is 0 Å². The number of allylic oxidation sites excluding steroid dienone is 4. The van der Waals surface area contributed by atoms with Crippen LogP contribution in [0.2, 0.25) is 0 Å². The van der Waals surface area contributed by atoms with Crippen LogP contribution >= 0.6 is 0 Å². The summed E-state index contributed by atoms with van der Waals surface area (Å²) in [5.41, 5.74) is 1.36. The standard InChI is InChI=1S/C13H16/c1-3-4-6-9-12(2)13-10-7-5-8-11-13/h3-12H,1-2H3/b4-3+,9-6+. The van der Waals surface area contributed by atoms with Gasteiger partial charge in [0.05, 0.1) is 0 Å². The second-order valence-corrected chi connectivity index (χ2v) is 3.11. The molecule has 0 saturated heterocycles. The van der Waals surface area contributed by atoms with Crippen molar-refractivity contribution in [3.05, 3.63) is 60.2 Å². The smallest absolute Gasteiger partial charge is 0.000732 e. The van der Waals surface area contributed by atoms with E-state index in [9.17, 15) is 0 Å². The van der Waals surface area contributed by atoms with Gasteiger partial charge in [-0.3, -0.25) is 0 Å². The molecule has 1 atom stereocenters. The molecule has 0 N–H and O–H groups in total. The van der Waals surface area contributed by atoms with Crippen molar-refractivity contribution in [2.24, 2.45) is 0 Å². The predicted molar refractivity (Wildman–Crippen MR) is 58.8 cm³/mol. The Morgan fingerprint density at radius 1 is 1.08 bits per heavy atom. The van der Waals surface area contributed by atoms with Crippen LogP contribution < -0.4 is 0 Å². The van der Waals surface area contributed by atoms with Gasteiger partial charge in [0.1, 0.15) is 0 Å². The van der Waals surface area contributed by atoms with Gasteiger partial charge in [-0.15, -0.1) is 0 Å². The fraction of sp³-hybridized carbons (Fsp3) is 0.231. The minimum atomic E-state index is 0.498. The van der Waals surface area contributed by atoms with Crippen LogP contribution in [0.5, 0.6) is 0 Å². The van der Waals surface area contributed by atoms with Crippen molar-refractivity contribution in [3.63, 3.8) is 0 Å². The molecule has 1 aromatic carbocycles. The van der Waals surface area contributed by atoms with Crippen molar-refractivity contribution in [1.82, 2.24) is 0 Å².